The lowest BCUT2D eigenvalue weighted by molar-refractivity contribution is 0.355. The number of rotatable bonds is 7. The number of hydrogen-bond acceptors (Lipinski definition) is 4. The van der Waals surface area contributed by atoms with Gasteiger partial charge in [0.1, 0.15) is 0 Å². The fourth-order valence-corrected chi connectivity index (χ4v) is 7.52. The van der Waals surface area contributed by atoms with Crippen LogP contribution in [0.3, 0.4) is 0 Å². The normalized spacial score (nSPS) is 20.1. The fourth-order valence-electron chi connectivity index (χ4n) is 5.47. The van der Waals surface area contributed by atoms with Crippen LogP contribution in [-0.4, -0.2) is 40.5 Å². The minimum Gasteiger partial charge on any atom is -0.361 e. The highest BCUT2D eigenvalue weighted by molar-refractivity contribution is 7.89. The van der Waals surface area contributed by atoms with E-state index in [1.807, 2.05) is 18.3 Å². The van der Waals surface area contributed by atoms with Gasteiger partial charge in [0.25, 0.3) is 0 Å². The number of aromatic nitrogens is 2. The molecule has 2 aliphatic rings. The van der Waals surface area contributed by atoms with Crippen LogP contribution in [-0.2, 0) is 29.5 Å². The Kier molecular flexibility index (Phi) is 7.02. The molecule has 34 heavy (non-hydrogen) atoms. The van der Waals surface area contributed by atoms with Crippen LogP contribution in [0.5, 0.6) is 0 Å². The van der Waals surface area contributed by atoms with E-state index >= 15 is 0 Å². The first-order valence-electron chi connectivity index (χ1n) is 12.5. The first-order chi connectivity index (χ1) is 16.6. The van der Waals surface area contributed by atoms with Gasteiger partial charge in [0.05, 0.1) is 23.8 Å². The van der Waals surface area contributed by atoms with Crippen LogP contribution in [0.4, 0.5) is 5.69 Å². The van der Waals surface area contributed by atoms with Gasteiger partial charge < -0.3 is 9.88 Å². The Morgan fingerprint density at radius 3 is 2.50 bits per heavy atom. The second-order valence-electron chi connectivity index (χ2n) is 9.61. The van der Waals surface area contributed by atoms with E-state index < -0.39 is 10.0 Å². The summed E-state index contributed by atoms with van der Waals surface area (Å²) in [5.74, 6) is 0. The first-order valence-corrected chi connectivity index (χ1v) is 14.0. The van der Waals surface area contributed by atoms with Crippen molar-refractivity contribution in [3.8, 4) is 0 Å². The van der Waals surface area contributed by atoms with E-state index in [0.29, 0.717) is 19.6 Å². The zero-order valence-corrected chi connectivity index (χ0v) is 20.5. The Bertz CT molecular complexity index is 1160. The van der Waals surface area contributed by atoms with Gasteiger partial charge in [-0.2, -0.15) is 4.31 Å². The van der Waals surface area contributed by atoms with Crippen LogP contribution in [0.15, 0.2) is 67.1 Å². The summed E-state index contributed by atoms with van der Waals surface area (Å²) in [6, 6.07) is 18.8. The number of nitrogens with zero attached hydrogens (tertiary/aromatic N) is 3. The fraction of sp³-hybridized carbons (Fsp3) is 0.444. The van der Waals surface area contributed by atoms with Crippen molar-refractivity contribution in [2.45, 2.75) is 69.3 Å². The molecule has 1 fully saturated rings. The molecule has 1 N–H and O–H groups in total. The van der Waals surface area contributed by atoms with E-state index in [1.165, 1.54) is 5.56 Å². The maximum absolute atomic E-state index is 13.8. The van der Waals surface area contributed by atoms with E-state index in [-0.39, 0.29) is 11.3 Å². The lowest BCUT2D eigenvalue weighted by atomic mass is 10.0. The number of fused-ring (bicyclic) bond motifs is 1. The predicted octanol–water partition coefficient (Wildman–Crippen LogP) is 4.90. The highest BCUT2D eigenvalue weighted by Crippen LogP contribution is 2.34. The number of benzene rings is 2. The number of hydrogen-bond donors (Lipinski definition) is 1. The molecule has 3 aromatic rings. The monoisotopic (exact) mass is 478 g/mol. The van der Waals surface area contributed by atoms with Crippen molar-refractivity contribution < 1.29 is 8.42 Å². The second kappa shape index (κ2) is 10.3. The van der Waals surface area contributed by atoms with Crippen LogP contribution >= 0.6 is 0 Å². The van der Waals surface area contributed by atoms with Crippen LogP contribution in [0.25, 0.3) is 0 Å². The maximum atomic E-state index is 13.8. The first kappa shape index (κ1) is 23.1. The molecule has 1 aliphatic carbocycles. The summed E-state index contributed by atoms with van der Waals surface area (Å²) in [6.45, 7) is 1.62. The molecule has 7 heteroatoms. The SMILES string of the molecule is O=S(=O)(C1CCCCC1)N1Cc2ccccc2N(Cc2cnc[nH]2)[C@@H](CCc2ccccc2)C1. The molecule has 0 saturated heterocycles. The maximum Gasteiger partial charge on any atom is 0.217 e. The largest absolute Gasteiger partial charge is 0.361 e. The zero-order valence-electron chi connectivity index (χ0n) is 19.6. The Morgan fingerprint density at radius 1 is 0.971 bits per heavy atom. The molecule has 0 radical (unpaired) electrons. The number of aryl methyl sites for hydroxylation is 1. The molecule has 0 amide bonds. The average molecular weight is 479 g/mol. The number of aromatic amines is 1. The lowest BCUT2D eigenvalue weighted by Crippen LogP contribution is -2.46. The van der Waals surface area contributed by atoms with Crippen LogP contribution in [0.2, 0.25) is 0 Å². The van der Waals surface area contributed by atoms with Gasteiger partial charge in [-0.1, -0.05) is 67.8 Å². The number of H-pyrrole nitrogens is 1. The third-order valence-electron chi connectivity index (χ3n) is 7.34. The van der Waals surface area contributed by atoms with Gasteiger partial charge in [0, 0.05) is 31.0 Å². The van der Waals surface area contributed by atoms with Crippen molar-refractivity contribution in [1.29, 1.82) is 0 Å². The van der Waals surface area contributed by atoms with Crippen molar-refractivity contribution in [2.24, 2.45) is 0 Å². The third-order valence-corrected chi connectivity index (χ3v) is 9.65. The van der Waals surface area contributed by atoms with Gasteiger partial charge in [0.15, 0.2) is 0 Å². The summed E-state index contributed by atoms with van der Waals surface area (Å²) in [5.41, 5.74) is 4.51. The molecule has 1 aromatic heterocycles. The van der Waals surface area contributed by atoms with Gasteiger partial charge in [-0.15, -0.1) is 0 Å². The number of sulfonamides is 1. The van der Waals surface area contributed by atoms with Crippen LogP contribution in [0.1, 0.15) is 55.3 Å². The molecule has 6 nitrogen and oxygen atoms in total. The van der Waals surface area contributed by atoms with Gasteiger partial charge in [-0.3, -0.25) is 0 Å². The van der Waals surface area contributed by atoms with E-state index in [9.17, 15) is 8.42 Å². The van der Waals surface area contributed by atoms with E-state index in [1.54, 1.807) is 10.6 Å². The molecule has 0 bridgehead atoms. The van der Waals surface area contributed by atoms with Gasteiger partial charge in [0.2, 0.25) is 10.0 Å². The number of imidazole rings is 1. The van der Waals surface area contributed by atoms with Crippen LogP contribution < -0.4 is 4.90 Å². The minimum absolute atomic E-state index is 0.0607. The van der Waals surface area contributed by atoms with Gasteiger partial charge >= 0.3 is 0 Å². The van der Waals surface area contributed by atoms with Crippen molar-refractivity contribution in [2.75, 3.05) is 11.4 Å². The topological polar surface area (TPSA) is 69.3 Å². The molecule has 2 heterocycles. The lowest BCUT2D eigenvalue weighted by Gasteiger charge is -2.35. The van der Waals surface area contributed by atoms with E-state index in [4.69, 9.17) is 0 Å². The molecule has 5 rings (SSSR count). The minimum atomic E-state index is -3.37. The number of anilines is 1. The summed E-state index contributed by atoms with van der Waals surface area (Å²) in [6.07, 6.45) is 10.1. The molecule has 1 atom stereocenters. The molecule has 180 valence electrons. The highest BCUT2D eigenvalue weighted by Gasteiger charge is 2.38. The summed E-state index contributed by atoms with van der Waals surface area (Å²) in [5, 5.41) is -0.248. The standard InChI is InChI=1S/C27H34N4O2S/c32-34(33,26-12-5-2-6-13-26)30-18-23-11-7-8-14-27(23)31(19-24-17-28-21-29-24)25(20-30)16-15-22-9-3-1-4-10-22/h1,3-4,7-11,14,17,21,25-26H,2,5-6,12-13,15-16,18-20H2,(H,28,29)/t25-/m0/s1. The van der Waals surface area contributed by atoms with Crippen molar-refractivity contribution in [1.82, 2.24) is 14.3 Å². The predicted molar refractivity (Wildman–Crippen MR) is 136 cm³/mol. The average Bonchev–Trinajstić information content (AvgIpc) is 3.33. The highest BCUT2D eigenvalue weighted by atomic mass is 32.2. The number of nitrogens with one attached hydrogen (secondary N) is 1. The molecule has 0 unspecified atom stereocenters. The molecule has 2 aromatic carbocycles. The quantitative estimate of drug-likeness (QED) is 0.525. The Hall–Kier alpha value is -2.64. The van der Waals surface area contributed by atoms with Crippen molar-refractivity contribution in [3.05, 3.63) is 83.9 Å². The third kappa shape index (κ3) is 5.05. The summed E-state index contributed by atoms with van der Waals surface area (Å²) >= 11 is 0. The molecular formula is C27H34N4O2S. The smallest absolute Gasteiger partial charge is 0.217 e. The molecule has 1 saturated carbocycles. The molecule has 0 spiro atoms. The van der Waals surface area contributed by atoms with Crippen LogP contribution in [0, 0.1) is 0 Å². The van der Waals surface area contributed by atoms with E-state index in [2.05, 4.69) is 57.3 Å². The summed E-state index contributed by atoms with van der Waals surface area (Å²) < 4.78 is 29.5. The van der Waals surface area contributed by atoms with Gasteiger partial charge in [-0.25, -0.2) is 13.4 Å². The van der Waals surface area contributed by atoms with E-state index in [0.717, 1.165) is 61.9 Å². The van der Waals surface area contributed by atoms with Crippen molar-refractivity contribution >= 4 is 15.7 Å². The Labute approximate surface area is 203 Å². The summed E-state index contributed by atoms with van der Waals surface area (Å²) in [7, 11) is -3.37. The van der Waals surface area contributed by atoms with Crippen molar-refractivity contribution in [3.63, 3.8) is 0 Å². The summed E-state index contributed by atoms with van der Waals surface area (Å²) in [4.78, 5) is 9.84. The second-order valence-corrected chi connectivity index (χ2v) is 11.8. The molecule has 1 aliphatic heterocycles. The molecular weight excluding hydrogens is 444 g/mol. The van der Waals surface area contributed by atoms with Gasteiger partial charge in [-0.05, 0) is 42.9 Å². The zero-order chi connectivity index (χ0) is 23.4. The Balaban J connectivity index is 1.49. The number of para-hydroxylation sites is 1. The Morgan fingerprint density at radius 2 is 1.74 bits per heavy atom.